The van der Waals surface area contributed by atoms with Gasteiger partial charge in [-0.3, -0.25) is 4.79 Å². The smallest absolute Gasteiger partial charge is 0.252 e. The van der Waals surface area contributed by atoms with Crippen LogP contribution >= 0.6 is 33.9 Å². The van der Waals surface area contributed by atoms with Crippen LogP contribution in [0.25, 0.3) is 0 Å². The van der Waals surface area contributed by atoms with E-state index in [1.165, 1.54) is 0 Å². The lowest BCUT2D eigenvalue weighted by atomic mass is 10.3. The SMILES string of the molecule is COCCNCCNC(=O)c1csc(I)c1. The molecule has 1 aromatic heterocycles. The Morgan fingerprint density at radius 1 is 1.50 bits per heavy atom. The maximum absolute atomic E-state index is 11.6. The minimum Gasteiger partial charge on any atom is -0.383 e. The molecule has 1 heterocycles. The molecule has 0 bridgehead atoms. The first-order chi connectivity index (χ1) is 7.74. The summed E-state index contributed by atoms with van der Waals surface area (Å²) >= 11 is 3.78. The summed E-state index contributed by atoms with van der Waals surface area (Å²) in [6.07, 6.45) is 0. The van der Waals surface area contributed by atoms with Crippen LogP contribution in [0.1, 0.15) is 10.4 Å². The normalized spacial score (nSPS) is 10.4. The van der Waals surface area contributed by atoms with Gasteiger partial charge in [0.05, 0.1) is 15.1 Å². The Labute approximate surface area is 113 Å². The molecule has 0 fully saturated rings. The van der Waals surface area contributed by atoms with Gasteiger partial charge in [0.1, 0.15) is 0 Å². The fraction of sp³-hybridized carbons (Fsp3) is 0.500. The third-order valence-corrected chi connectivity index (χ3v) is 3.69. The van der Waals surface area contributed by atoms with E-state index in [1.807, 2.05) is 11.4 Å². The van der Waals surface area contributed by atoms with E-state index in [2.05, 4.69) is 33.2 Å². The van der Waals surface area contributed by atoms with Crippen molar-refractivity contribution in [3.63, 3.8) is 0 Å². The molecule has 0 aliphatic rings. The van der Waals surface area contributed by atoms with E-state index < -0.39 is 0 Å². The van der Waals surface area contributed by atoms with E-state index in [0.29, 0.717) is 13.2 Å². The predicted molar refractivity (Wildman–Crippen MR) is 74.1 cm³/mol. The van der Waals surface area contributed by atoms with Gasteiger partial charge in [0, 0.05) is 32.1 Å². The van der Waals surface area contributed by atoms with Crippen molar-refractivity contribution < 1.29 is 9.53 Å². The second-order valence-electron chi connectivity index (χ2n) is 3.14. The Morgan fingerprint density at radius 2 is 2.31 bits per heavy atom. The Balaban J connectivity index is 2.11. The van der Waals surface area contributed by atoms with Crippen molar-refractivity contribution in [2.45, 2.75) is 0 Å². The number of amides is 1. The first-order valence-electron chi connectivity index (χ1n) is 4.96. The summed E-state index contributed by atoms with van der Waals surface area (Å²) in [4.78, 5) is 11.6. The lowest BCUT2D eigenvalue weighted by Crippen LogP contribution is -2.32. The second-order valence-corrected chi connectivity index (χ2v) is 5.94. The molecule has 1 rings (SSSR count). The van der Waals surface area contributed by atoms with Crippen LogP contribution in [0.5, 0.6) is 0 Å². The fourth-order valence-corrected chi connectivity index (χ4v) is 2.42. The van der Waals surface area contributed by atoms with Crippen LogP contribution in [0, 0.1) is 2.88 Å². The molecule has 0 atom stereocenters. The van der Waals surface area contributed by atoms with Crippen molar-refractivity contribution >= 4 is 39.8 Å². The Hall–Kier alpha value is -0.180. The van der Waals surface area contributed by atoms with Crippen molar-refractivity contribution in [1.82, 2.24) is 10.6 Å². The Bertz CT molecular complexity index is 330. The van der Waals surface area contributed by atoms with Crippen molar-refractivity contribution in [3.05, 3.63) is 19.9 Å². The standard InChI is InChI=1S/C10H15IN2O2S/c1-15-5-4-12-2-3-13-10(14)8-6-9(11)16-7-8/h6-7,12H,2-5H2,1H3,(H,13,14). The summed E-state index contributed by atoms with van der Waals surface area (Å²) in [5, 5.41) is 7.88. The summed E-state index contributed by atoms with van der Waals surface area (Å²) in [5.41, 5.74) is 0.742. The highest BCUT2D eigenvalue weighted by Gasteiger charge is 2.06. The van der Waals surface area contributed by atoms with Gasteiger partial charge in [-0.15, -0.1) is 11.3 Å². The van der Waals surface area contributed by atoms with Crippen LogP contribution in [0.4, 0.5) is 0 Å². The van der Waals surface area contributed by atoms with E-state index in [4.69, 9.17) is 4.74 Å². The van der Waals surface area contributed by atoms with Gasteiger partial charge in [0.2, 0.25) is 0 Å². The zero-order valence-corrected chi connectivity index (χ0v) is 12.1. The van der Waals surface area contributed by atoms with Gasteiger partial charge in [-0.2, -0.15) is 0 Å². The molecule has 1 aromatic rings. The zero-order valence-electron chi connectivity index (χ0n) is 9.09. The topological polar surface area (TPSA) is 50.4 Å². The molecular formula is C10H15IN2O2S. The van der Waals surface area contributed by atoms with Crippen LogP contribution < -0.4 is 10.6 Å². The predicted octanol–water partition coefficient (Wildman–Crippen LogP) is 1.32. The molecule has 0 radical (unpaired) electrons. The number of thiophene rings is 1. The quantitative estimate of drug-likeness (QED) is 0.574. The highest BCUT2D eigenvalue weighted by molar-refractivity contribution is 14.1. The second kappa shape index (κ2) is 7.99. The number of hydrogen-bond donors (Lipinski definition) is 2. The van der Waals surface area contributed by atoms with Gasteiger partial charge in [-0.25, -0.2) is 0 Å². The van der Waals surface area contributed by atoms with Gasteiger partial charge in [0.15, 0.2) is 0 Å². The zero-order chi connectivity index (χ0) is 11.8. The molecule has 0 saturated carbocycles. The number of carbonyl (C=O) groups excluding carboxylic acids is 1. The first kappa shape index (κ1) is 13.9. The lowest BCUT2D eigenvalue weighted by Gasteiger charge is -2.05. The molecule has 0 aliphatic carbocycles. The minimum absolute atomic E-state index is 0.00675. The van der Waals surface area contributed by atoms with Crippen LogP contribution in [0.3, 0.4) is 0 Å². The highest BCUT2D eigenvalue weighted by Crippen LogP contribution is 2.16. The summed E-state index contributed by atoms with van der Waals surface area (Å²) in [6.45, 7) is 2.89. The summed E-state index contributed by atoms with van der Waals surface area (Å²) < 4.78 is 6.02. The molecule has 0 aliphatic heterocycles. The summed E-state index contributed by atoms with van der Waals surface area (Å²) in [5.74, 6) is -0.00675. The monoisotopic (exact) mass is 354 g/mol. The van der Waals surface area contributed by atoms with E-state index >= 15 is 0 Å². The summed E-state index contributed by atoms with van der Waals surface area (Å²) in [7, 11) is 1.67. The van der Waals surface area contributed by atoms with Crippen molar-refractivity contribution in [1.29, 1.82) is 0 Å². The number of methoxy groups -OCH3 is 1. The van der Waals surface area contributed by atoms with E-state index in [0.717, 1.165) is 21.5 Å². The number of carbonyl (C=O) groups is 1. The van der Waals surface area contributed by atoms with Gasteiger partial charge in [-0.1, -0.05) is 0 Å². The molecule has 4 nitrogen and oxygen atoms in total. The lowest BCUT2D eigenvalue weighted by molar-refractivity contribution is 0.0954. The minimum atomic E-state index is -0.00675. The largest absolute Gasteiger partial charge is 0.383 e. The maximum atomic E-state index is 11.6. The van der Waals surface area contributed by atoms with Gasteiger partial charge in [-0.05, 0) is 28.7 Å². The van der Waals surface area contributed by atoms with Gasteiger partial charge in [0.25, 0.3) is 5.91 Å². The number of ether oxygens (including phenoxy) is 1. The molecule has 90 valence electrons. The molecule has 16 heavy (non-hydrogen) atoms. The molecule has 1 amide bonds. The van der Waals surface area contributed by atoms with E-state index in [-0.39, 0.29) is 5.91 Å². The van der Waals surface area contributed by atoms with Gasteiger partial charge < -0.3 is 15.4 Å². The third kappa shape index (κ3) is 5.24. The van der Waals surface area contributed by atoms with Crippen LogP contribution in [-0.2, 0) is 4.74 Å². The van der Waals surface area contributed by atoms with Crippen LogP contribution in [-0.4, -0.2) is 39.3 Å². The van der Waals surface area contributed by atoms with Crippen molar-refractivity contribution in [2.75, 3.05) is 33.4 Å². The fourth-order valence-electron chi connectivity index (χ4n) is 1.09. The molecule has 0 spiro atoms. The van der Waals surface area contributed by atoms with Crippen LogP contribution in [0.15, 0.2) is 11.4 Å². The Kier molecular flexibility index (Phi) is 6.93. The van der Waals surface area contributed by atoms with Crippen molar-refractivity contribution in [2.24, 2.45) is 0 Å². The molecule has 0 unspecified atom stereocenters. The first-order valence-corrected chi connectivity index (χ1v) is 6.91. The summed E-state index contributed by atoms with van der Waals surface area (Å²) in [6, 6.07) is 1.89. The average molecular weight is 354 g/mol. The van der Waals surface area contributed by atoms with Crippen LogP contribution in [0.2, 0.25) is 0 Å². The molecular weight excluding hydrogens is 339 g/mol. The number of hydrogen-bond acceptors (Lipinski definition) is 4. The van der Waals surface area contributed by atoms with E-state index in [1.54, 1.807) is 18.4 Å². The van der Waals surface area contributed by atoms with Gasteiger partial charge >= 0.3 is 0 Å². The molecule has 0 saturated heterocycles. The third-order valence-electron chi connectivity index (χ3n) is 1.90. The highest BCUT2D eigenvalue weighted by atomic mass is 127. The number of halogens is 1. The molecule has 6 heteroatoms. The van der Waals surface area contributed by atoms with E-state index in [9.17, 15) is 4.79 Å². The average Bonchev–Trinajstić information content (AvgIpc) is 2.70. The molecule has 0 aromatic carbocycles. The molecule has 2 N–H and O–H groups in total. The number of nitrogens with one attached hydrogen (secondary N) is 2. The Morgan fingerprint density at radius 3 is 2.94 bits per heavy atom. The maximum Gasteiger partial charge on any atom is 0.252 e. The van der Waals surface area contributed by atoms with Crippen molar-refractivity contribution in [3.8, 4) is 0 Å². The number of rotatable bonds is 7.